The first-order valence-electron chi connectivity index (χ1n) is 9.47. The maximum absolute atomic E-state index is 12.6. The molecule has 0 bridgehead atoms. The van der Waals surface area contributed by atoms with E-state index in [1.807, 2.05) is 30.3 Å². The lowest BCUT2D eigenvalue weighted by Crippen LogP contribution is -2.46. The summed E-state index contributed by atoms with van der Waals surface area (Å²) in [6.07, 6.45) is 2.93. The molecule has 1 aliphatic carbocycles. The largest absolute Gasteiger partial charge is 0.461 e. The molecular weight excluding hydrogens is 328 g/mol. The summed E-state index contributed by atoms with van der Waals surface area (Å²) >= 11 is 0. The van der Waals surface area contributed by atoms with E-state index < -0.39 is 8.32 Å². The van der Waals surface area contributed by atoms with Crippen LogP contribution in [0.1, 0.15) is 52.5 Å². The van der Waals surface area contributed by atoms with Gasteiger partial charge >= 0.3 is 5.97 Å². The summed E-state index contributed by atoms with van der Waals surface area (Å²) in [5.74, 6) is 0.388. The predicted octanol–water partition coefficient (Wildman–Crippen LogP) is 5.56. The summed E-state index contributed by atoms with van der Waals surface area (Å²) in [7, 11) is -1.81. The van der Waals surface area contributed by atoms with Crippen molar-refractivity contribution in [3.8, 4) is 0 Å². The quantitative estimate of drug-likeness (QED) is 0.508. The van der Waals surface area contributed by atoms with E-state index in [4.69, 9.17) is 9.16 Å². The third-order valence-electron chi connectivity index (χ3n) is 5.72. The molecule has 1 aromatic carbocycles. The van der Waals surface area contributed by atoms with E-state index in [1.54, 1.807) is 0 Å². The molecule has 25 heavy (non-hydrogen) atoms. The first-order valence-corrected chi connectivity index (χ1v) is 12.4. The first-order chi connectivity index (χ1) is 11.6. The molecule has 1 saturated carbocycles. The van der Waals surface area contributed by atoms with Gasteiger partial charge in [-0.1, -0.05) is 58.0 Å². The van der Waals surface area contributed by atoms with E-state index in [2.05, 4.69) is 40.8 Å². The fourth-order valence-electron chi connectivity index (χ4n) is 3.27. The van der Waals surface area contributed by atoms with Crippen LogP contribution in [0, 0.1) is 11.8 Å². The summed E-state index contributed by atoms with van der Waals surface area (Å²) < 4.78 is 12.2. The van der Waals surface area contributed by atoms with E-state index in [-0.39, 0.29) is 23.0 Å². The van der Waals surface area contributed by atoms with Crippen molar-refractivity contribution in [1.29, 1.82) is 0 Å². The molecule has 0 saturated heterocycles. The van der Waals surface area contributed by atoms with Crippen LogP contribution in [0.5, 0.6) is 0 Å². The van der Waals surface area contributed by atoms with E-state index >= 15 is 0 Å². The van der Waals surface area contributed by atoms with Crippen LogP contribution in [0.2, 0.25) is 18.1 Å². The van der Waals surface area contributed by atoms with Gasteiger partial charge < -0.3 is 9.16 Å². The number of hydrogen-bond donors (Lipinski definition) is 0. The molecule has 0 spiro atoms. The molecule has 1 fully saturated rings. The van der Waals surface area contributed by atoms with Crippen LogP contribution < -0.4 is 0 Å². The second-order valence-corrected chi connectivity index (χ2v) is 13.9. The van der Waals surface area contributed by atoms with Crippen LogP contribution in [0.15, 0.2) is 30.3 Å². The molecule has 0 radical (unpaired) electrons. The average molecular weight is 363 g/mol. The molecule has 3 nitrogen and oxygen atoms in total. The first kappa shape index (κ1) is 20.2. The highest BCUT2D eigenvalue weighted by Crippen LogP contribution is 2.41. The fourth-order valence-corrected chi connectivity index (χ4v) is 4.65. The summed E-state index contributed by atoms with van der Waals surface area (Å²) in [6.45, 7) is 13.9. The van der Waals surface area contributed by atoms with Gasteiger partial charge in [0, 0.05) is 6.10 Å². The Kier molecular flexibility index (Phi) is 6.49. The van der Waals surface area contributed by atoms with E-state index in [0.717, 1.165) is 24.8 Å². The highest BCUT2D eigenvalue weighted by molar-refractivity contribution is 6.74. The molecule has 0 N–H and O–H groups in total. The SMILES string of the molecule is C[C@H]1C[C@@H](O[Si](C)(C)C(C)(C)C)C[C@@H](C(=O)OCc2ccccc2)C1. The topological polar surface area (TPSA) is 35.5 Å². The van der Waals surface area contributed by atoms with Gasteiger partial charge in [0.2, 0.25) is 0 Å². The molecule has 1 aliphatic rings. The van der Waals surface area contributed by atoms with Gasteiger partial charge in [-0.15, -0.1) is 0 Å². The van der Waals surface area contributed by atoms with Crippen LogP contribution in [0.25, 0.3) is 0 Å². The maximum Gasteiger partial charge on any atom is 0.309 e. The van der Waals surface area contributed by atoms with Crippen LogP contribution in [-0.2, 0) is 20.6 Å². The number of carbonyl (C=O) groups excluding carboxylic acids is 1. The Morgan fingerprint density at radius 1 is 1.12 bits per heavy atom. The molecular formula is C21H34O3Si. The number of carbonyl (C=O) groups is 1. The van der Waals surface area contributed by atoms with Gasteiger partial charge in [0.1, 0.15) is 6.61 Å². The minimum absolute atomic E-state index is 0.0396. The minimum Gasteiger partial charge on any atom is -0.461 e. The third-order valence-corrected chi connectivity index (χ3v) is 10.3. The zero-order chi connectivity index (χ0) is 18.7. The van der Waals surface area contributed by atoms with Crippen molar-refractivity contribution in [2.24, 2.45) is 11.8 Å². The minimum atomic E-state index is -1.81. The zero-order valence-corrected chi connectivity index (χ0v) is 17.7. The van der Waals surface area contributed by atoms with Gasteiger partial charge in [0.05, 0.1) is 5.92 Å². The molecule has 2 rings (SSSR count). The monoisotopic (exact) mass is 362 g/mol. The van der Waals surface area contributed by atoms with Gasteiger partial charge in [-0.25, -0.2) is 0 Å². The number of esters is 1. The molecule has 0 aliphatic heterocycles. The molecule has 0 aromatic heterocycles. The highest BCUT2D eigenvalue weighted by atomic mass is 28.4. The van der Waals surface area contributed by atoms with Crippen LogP contribution in [0.3, 0.4) is 0 Å². The Bertz CT molecular complexity index is 562. The summed E-state index contributed by atoms with van der Waals surface area (Å²) in [6, 6.07) is 9.88. The fraction of sp³-hybridized carbons (Fsp3) is 0.667. The Hall–Kier alpha value is -1.13. The standard InChI is InChI=1S/C21H34O3Si/c1-16-12-18(20(22)23-15-17-10-8-7-9-11-17)14-19(13-16)24-25(5,6)21(2,3)4/h7-11,16,18-19H,12-15H2,1-6H3/t16-,18+,19-/m1/s1. The lowest BCUT2D eigenvalue weighted by atomic mass is 9.81. The van der Waals surface area contributed by atoms with Crippen molar-refractivity contribution in [2.75, 3.05) is 0 Å². The van der Waals surface area contributed by atoms with E-state index in [1.165, 1.54) is 0 Å². The molecule has 0 heterocycles. The number of benzene rings is 1. The van der Waals surface area contributed by atoms with Gasteiger partial charge in [-0.3, -0.25) is 4.79 Å². The summed E-state index contributed by atoms with van der Waals surface area (Å²) in [5, 5.41) is 0.191. The van der Waals surface area contributed by atoms with Gasteiger partial charge in [0.25, 0.3) is 0 Å². The number of ether oxygens (including phenoxy) is 1. The van der Waals surface area contributed by atoms with Crippen molar-refractivity contribution < 1.29 is 14.0 Å². The Balaban J connectivity index is 1.94. The second-order valence-electron chi connectivity index (χ2n) is 9.10. The van der Waals surface area contributed by atoms with Crippen molar-refractivity contribution in [1.82, 2.24) is 0 Å². The lowest BCUT2D eigenvalue weighted by molar-refractivity contribution is -0.153. The van der Waals surface area contributed by atoms with E-state index in [0.29, 0.717) is 12.5 Å². The molecule has 140 valence electrons. The summed E-state index contributed by atoms with van der Waals surface area (Å²) in [5.41, 5.74) is 1.04. The zero-order valence-electron chi connectivity index (χ0n) is 16.7. The molecule has 0 amide bonds. The van der Waals surface area contributed by atoms with E-state index in [9.17, 15) is 4.79 Å². The van der Waals surface area contributed by atoms with Gasteiger partial charge in [-0.05, 0) is 48.9 Å². The Morgan fingerprint density at radius 2 is 1.76 bits per heavy atom. The third kappa shape index (κ3) is 5.68. The van der Waals surface area contributed by atoms with Crippen molar-refractivity contribution in [2.45, 2.75) is 77.8 Å². The average Bonchev–Trinajstić information content (AvgIpc) is 2.51. The maximum atomic E-state index is 12.6. The number of hydrogen-bond acceptors (Lipinski definition) is 3. The lowest BCUT2D eigenvalue weighted by Gasteiger charge is -2.42. The second kappa shape index (κ2) is 8.04. The molecule has 1 aromatic rings. The predicted molar refractivity (Wildman–Crippen MR) is 105 cm³/mol. The molecule has 3 atom stereocenters. The molecule has 0 unspecified atom stereocenters. The highest BCUT2D eigenvalue weighted by Gasteiger charge is 2.41. The smallest absolute Gasteiger partial charge is 0.309 e. The Labute approximate surface area is 154 Å². The number of rotatable bonds is 5. The van der Waals surface area contributed by atoms with Crippen LogP contribution >= 0.6 is 0 Å². The summed E-state index contributed by atoms with van der Waals surface area (Å²) in [4.78, 5) is 12.6. The van der Waals surface area contributed by atoms with Gasteiger partial charge in [-0.2, -0.15) is 0 Å². The van der Waals surface area contributed by atoms with Crippen molar-refractivity contribution in [3.05, 3.63) is 35.9 Å². The normalized spacial score (nSPS) is 24.8. The van der Waals surface area contributed by atoms with Crippen molar-refractivity contribution >= 4 is 14.3 Å². The van der Waals surface area contributed by atoms with Gasteiger partial charge in [0.15, 0.2) is 8.32 Å². The van der Waals surface area contributed by atoms with Crippen molar-refractivity contribution in [3.63, 3.8) is 0 Å². The van der Waals surface area contributed by atoms with Crippen LogP contribution in [-0.4, -0.2) is 20.4 Å². The molecule has 4 heteroatoms. The van der Waals surface area contributed by atoms with Crippen LogP contribution in [0.4, 0.5) is 0 Å². The Morgan fingerprint density at radius 3 is 2.36 bits per heavy atom.